The second-order valence-electron chi connectivity index (χ2n) is 10.5. The molecule has 0 aliphatic rings. The fourth-order valence-corrected chi connectivity index (χ4v) is 5.28. The molecule has 0 saturated heterocycles. The molecule has 1 heterocycles. The van der Waals surface area contributed by atoms with Crippen LogP contribution in [0.15, 0.2) is 66.7 Å². The van der Waals surface area contributed by atoms with Crippen molar-refractivity contribution in [1.82, 2.24) is 15.2 Å². The Balaban J connectivity index is 1.37. The van der Waals surface area contributed by atoms with Gasteiger partial charge in [-0.05, 0) is 49.4 Å². The lowest BCUT2D eigenvalue weighted by atomic mass is 10.1. The number of aromatic nitrogens is 1. The number of pyridine rings is 1. The molecule has 4 aromatic rings. The number of benzene rings is 3. The number of aryl methyl sites for hydroxylation is 1. The normalized spacial score (nSPS) is 10.9. The summed E-state index contributed by atoms with van der Waals surface area (Å²) in [5.74, 6) is -0.0814. The number of halogens is 2. The molecule has 2 N–H and O–H groups in total. The van der Waals surface area contributed by atoms with Gasteiger partial charge < -0.3 is 34.6 Å². The van der Waals surface area contributed by atoms with Gasteiger partial charge in [0.2, 0.25) is 5.91 Å². The van der Waals surface area contributed by atoms with Gasteiger partial charge in [0, 0.05) is 67.3 Å². The molecular formula is C34H37Cl2N5O6. The van der Waals surface area contributed by atoms with Crippen LogP contribution in [0.3, 0.4) is 0 Å². The Bertz CT molecular complexity index is 1730. The summed E-state index contributed by atoms with van der Waals surface area (Å²) in [6.45, 7) is 3.15. The molecule has 11 nitrogen and oxygen atoms in total. The smallest absolute Gasteiger partial charge is 0.319 e. The number of hydrogen-bond donors (Lipinski definition) is 2. The van der Waals surface area contributed by atoms with Crippen molar-refractivity contribution in [1.29, 1.82) is 0 Å². The third-order valence-corrected chi connectivity index (χ3v) is 8.06. The zero-order valence-electron chi connectivity index (χ0n) is 26.6. The summed E-state index contributed by atoms with van der Waals surface area (Å²) in [5.41, 5.74) is 3.24. The summed E-state index contributed by atoms with van der Waals surface area (Å²) in [5, 5.41) is 6.78. The number of amides is 4. The summed E-state index contributed by atoms with van der Waals surface area (Å²) < 4.78 is 16.3. The number of hydrogen-bond acceptors (Lipinski definition) is 7. The lowest BCUT2D eigenvalue weighted by Crippen LogP contribution is -2.40. The highest BCUT2D eigenvalue weighted by molar-refractivity contribution is 6.38. The monoisotopic (exact) mass is 681 g/mol. The second-order valence-corrected chi connectivity index (χ2v) is 11.3. The zero-order valence-corrected chi connectivity index (χ0v) is 28.2. The number of fused-ring (bicyclic) bond motifs is 1. The van der Waals surface area contributed by atoms with Crippen molar-refractivity contribution in [3.63, 3.8) is 0 Å². The van der Waals surface area contributed by atoms with Crippen molar-refractivity contribution in [2.45, 2.75) is 13.5 Å². The predicted molar refractivity (Wildman–Crippen MR) is 184 cm³/mol. The third-order valence-electron chi connectivity index (χ3n) is 7.28. The van der Waals surface area contributed by atoms with Crippen LogP contribution in [0.1, 0.15) is 21.6 Å². The molecule has 3 aromatic carbocycles. The minimum absolute atomic E-state index is 0.0427. The van der Waals surface area contributed by atoms with Gasteiger partial charge in [0.15, 0.2) is 0 Å². The molecule has 13 heteroatoms. The summed E-state index contributed by atoms with van der Waals surface area (Å²) in [7, 11) is 4.68. The van der Waals surface area contributed by atoms with Crippen LogP contribution in [0.4, 0.5) is 16.2 Å². The van der Waals surface area contributed by atoms with E-state index in [1.165, 1.54) is 4.90 Å². The van der Waals surface area contributed by atoms with Gasteiger partial charge in [-0.25, -0.2) is 9.78 Å². The van der Waals surface area contributed by atoms with E-state index in [2.05, 4.69) is 15.6 Å². The molecule has 0 atom stereocenters. The van der Waals surface area contributed by atoms with Gasteiger partial charge in [-0.2, -0.15) is 0 Å². The molecule has 0 bridgehead atoms. The molecule has 0 unspecified atom stereocenters. The van der Waals surface area contributed by atoms with E-state index in [0.717, 1.165) is 16.6 Å². The topological polar surface area (TPSA) is 122 Å². The largest absolute Gasteiger partial charge is 0.487 e. The zero-order chi connectivity index (χ0) is 33.9. The first-order valence-electron chi connectivity index (χ1n) is 14.8. The Labute approximate surface area is 283 Å². The van der Waals surface area contributed by atoms with Gasteiger partial charge >= 0.3 is 6.03 Å². The highest BCUT2D eigenvalue weighted by atomic mass is 35.5. The third kappa shape index (κ3) is 9.32. The molecule has 0 fully saturated rings. The average Bonchev–Trinajstić information content (AvgIpc) is 3.07. The van der Waals surface area contributed by atoms with Gasteiger partial charge in [0.1, 0.15) is 17.9 Å². The molecule has 4 rings (SSSR count). The molecule has 1 aromatic heterocycles. The average molecular weight is 683 g/mol. The van der Waals surface area contributed by atoms with Gasteiger partial charge in [0.05, 0.1) is 30.5 Å². The lowest BCUT2D eigenvalue weighted by Gasteiger charge is -2.22. The maximum absolute atomic E-state index is 13.1. The maximum atomic E-state index is 13.1. The molecule has 47 heavy (non-hydrogen) atoms. The fourth-order valence-electron chi connectivity index (χ4n) is 4.67. The van der Waals surface area contributed by atoms with Crippen LogP contribution in [0.25, 0.3) is 10.9 Å². The van der Waals surface area contributed by atoms with Gasteiger partial charge in [-0.1, -0.05) is 47.5 Å². The predicted octanol–water partition coefficient (Wildman–Crippen LogP) is 5.95. The van der Waals surface area contributed by atoms with E-state index in [9.17, 15) is 14.4 Å². The molecule has 0 spiro atoms. The van der Waals surface area contributed by atoms with E-state index in [-0.39, 0.29) is 24.1 Å². The number of urea groups is 1. The van der Waals surface area contributed by atoms with E-state index in [4.69, 9.17) is 37.4 Å². The standard InChI is InChI=1S/C34H37Cl2N5O6/c1-22-11-12-23-7-6-10-29(32(23)38-22)47-21-26-27(35)13-14-28(31(26)36)40(2)30(42)20-37-34(44)39-25-9-5-8-24(19-25)33(43)41(15-17-45-3)16-18-46-4/h5-14,19H,15-18,20-21H2,1-4H3,(H2,37,39,44). The Hall–Kier alpha value is -4.42. The van der Waals surface area contributed by atoms with Crippen LogP contribution in [0.5, 0.6) is 5.75 Å². The number of methoxy groups -OCH3 is 2. The SMILES string of the molecule is COCCN(CCOC)C(=O)c1cccc(NC(=O)NCC(=O)N(C)c2ccc(Cl)c(COc3cccc4ccc(C)nc34)c2Cl)c1. The summed E-state index contributed by atoms with van der Waals surface area (Å²) in [6.07, 6.45) is 0. The van der Waals surface area contributed by atoms with Crippen LogP contribution in [-0.4, -0.2) is 81.8 Å². The Kier molecular flexibility index (Phi) is 12.8. The summed E-state index contributed by atoms with van der Waals surface area (Å²) in [4.78, 5) is 46.4. The van der Waals surface area contributed by atoms with E-state index in [1.54, 1.807) is 62.6 Å². The molecular weight excluding hydrogens is 645 g/mol. The molecule has 248 valence electrons. The van der Waals surface area contributed by atoms with E-state index >= 15 is 0 Å². The van der Waals surface area contributed by atoms with Crippen molar-refractivity contribution < 1.29 is 28.6 Å². The van der Waals surface area contributed by atoms with Gasteiger partial charge in [-0.3, -0.25) is 9.59 Å². The van der Waals surface area contributed by atoms with Crippen LogP contribution in [0.2, 0.25) is 10.0 Å². The fraction of sp³-hybridized carbons (Fsp3) is 0.294. The number of likely N-dealkylation sites (N-methyl/N-ethyl adjacent to an activating group) is 1. The van der Waals surface area contributed by atoms with Crippen LogP contribution in [-0.2, 0) is 20.9 Å². The van der Waals surface area contributed by atoms with Crippen molar-refractivity contribution in [2.24, 2.45) is 0 Å². The lowest BCUT2D eigenvalue weighted by molar-refractivity contribution is -0.117. The van der Waals surface area contributed by atoms with E-state index in [1.807, 2.05) is 37.3 Å². The highest BCUT2D eigenvalue weighted by Gasteiger charge is 2.20. The first-order chi connectivity index (χ1) is 22.6. The van der Waals surface area contributed by atoms with E-state index in [0.29, 0.717) is 59.6 Å². The summed E-state index contributed by atoms with van der Waals surface area (Å²) >= 11 is 13.2. The molecule has 0 saturated carbocycles. The molecule has 0 aliphatic heterocycles. The number of carbonyl (C=O) groups is 3. The van der Waals surface area contributed by atoms with Gasteiger partial charge in [-0.15, -0.1) is 0 Å². The summed E-state index contributed by atoms with van der Waals surface area (Å²) in [6, 6.07) is 18.7. The number of ether oxygens (including phenoxy) is 3. The van der Waals surface area contributed by atoms with Crippen molar-refractivity contribution in [3.05, 3.63) is 93.6 Å². The Morgan fingerprint density at radius 2 is 1.64 bits per heavy atom. The molecule has 0 aliphatic carbocycles. The van der Waals surface area contributed by atoms with Crippen LogP contribution < -0.4 is 20.3 Å². The number of para-hydroxylation sites is 1. The van der Waals surface area contributed by atoms with Crippen molar-refractivity contribution in [3.8, 4) is 5.75 Å². The second kappa shape index (κ2) is 16.9. The number of anilines is 2. The number of nitrogens with one attached hydrogen (secondary N) is 2. The molecule has 0 radical (unpaired) electrons. The Morgan fingerprint density at radius 1 is 0.915 bits per heavy atom. The number of carbonyl (C=O) groups excluding carboxylic acids is 3. The number of nitrogens with zero attached hydrogens (tertiary/aromatic N) is 3. The minimum Gasteiger partial charge on any atom is -0.487 e. The Morgan fingerprint density at radius 3 is 2.36 bits per heavy atom. The van der Waals surface area contributed by atoms with Gasteiger partial charge in [0.25, 0.3) is 5.91 Å². The van der Waals surface area contributed by atoms with Crippen LogP contribution >= 0.6 is 23.2 Å². The quantitative estimate of drug-likeness (QED) is 0.169. The first kappa shape index (κ1) is 35.4. The molecule has 4 amide bonds. The van der Waals surface area contributed by atoms with E-state index < -0.39 is 11.9 Å². The van der Waals surface area contributed by atoms with Crippen molar-refractivity contribution >= 4 is 63.3 Å². The minimum atomic E-state index is -0.623. The number of rotatable bonds is 14. The van der Waals surface area contributed by atoms with Crippen molar-refractivity contribution in [2.75, 3.05) is 64.3 Å². The van der Waals surface area contributed by atoms with Crippen LogP contribution in [0, 0.1) is 6.92 Å². The maximum Gasteiger partial charge on any atom is 0.319 e. The highest BCUT2D eigenvalue weighted by Crippen LogP contribution is 2.35. The first-order valence-corrected chi connectivity index (χ1v) is 15.5.